The molecule has 0 amide bonds. The lowest BCUT2D eigenvalue weighted by Crippen LogP contribution is -2.23. The van der Waals surface area contributed by atoms with E-state index in [1.54, 1.807) is 6.20 Å². The summed E-state index contributed by atoms with van der Waals surface area (Å²) in [5.41, 5.74) is 2.29. The molecule has 1 aromatic heterocycles. The fraction of sp³-hybridized carbons (Fsp3) is 0.438. The summed E-state index contributed by atoms with van der Waals surface area (Å²) in [5.74, 6) is 0.827. The van der Waals surface area contributed by atoms with Gasteiger partial charge in [0.1, 0.15) is 0 Å². The first-order chi connectivity index (χ1) is 9.33. The van der Waals surface area contributed by atoms with E-state index in [1.165, 1.54) is 31.4 Å². The van der Waals surface area contributed by atoms with E-state index in [2.05, 4.69) is 41.6 Å². The Morgan fingerprint density at radius 2 is 2.11 bits per heavy atom. The van der Waals surface area contributed by atoms with Crippen LogP contribution in [0, 0.1) is 5.92 Å². The largest absolute Gasteiger partial charge is 0.382 e. The Balaban J connectivity index is 1.72. The average Bonchev–Trinajstić information content (AvgIpc) is 3.13. The molecule has 1 heterocycles. The average molecular weight is 255 g/mol. The second-order valence-electron chi connectivity index (χ2n) is 5.48. The SMILES string of the molecule is CC(Nc1cccc(-n2cccn2)c1)C1CCCC1. The quantitative estimate of drug-likeness (QED) is 0.899. The normalized spacial score (nSPS) is 17.5. The van der Waals surface area contributed by atoms with Crippen LogP contribution >= 0.6 is 0 Å². The van der Waals surface area contributed by atoms with Crippen LogP contribution in [0.5, 0.6) is 0 Å². The standard InChI is InChI=1S/C16H21N3/c1-13(14-6-2-3-7-14)18-15-8-4-9-16(12-15)19-11-5-10-17-19/h4-5,8-14,18H,2-3,6-7H2,1H3. The monoisotopic (exact) mass is 255 g/mol. The fourth-order valence-electron chi connectivity index (χ4n) is 3.00. The van der Waals surface area contributed by atoms with Crippen molar-refractivity contribution in [3.05, 3.63) is 42.7 Å². The molecule has 3 heteroatoms. The van der Waals surface area contributed by atoms with Gasteiger partial charge in [0.05, 0.1) is 5.69 Å². The van der Waals surface area contributed by atoms with Crippen molar-refractivity contribution in [2.24, 2.45) is 5.92 Å². The van der Waals surface area contributed by atoms with Crippen LogP contribution in [-0.2, 0) is 0 Å². The Bertz CT molecular complexity index is 513. The number of rotatable bonds is 4. The first-order valence-corrected chi connectivity index (χ1v) is 7.19. The molecule has 2 aromatic rings. The summed E-state index contributed by atoms with van der Waals surface area (Å²) in [6, 6.07) is 11.0. The molecule has 0 radical (unpaired) electrons. The van der Waals surface area contributed by atoms with Gasteiger partial charge >= 0.3 is 0 Å². The molecular formula is C16H21N3. The van der Waals surface area contributed by atoms with Crippen molar-refractivity contribution in [3.63, 3.8) is 0 Å². The van der Waals surface area contributed by atoms with Crippen molar-refractivity contribution >= 4 is 5.69 Å². The third-order valence-corrected chi connectivity index (χ3v) is 4.12. The van der Waals surface area contributed by atoms with Gasteiger partial charge in [-0.05, 0) is 49.9 Å². The zero-order valence-corrected chi connectivity index (χ0v) is 11.4. The number of anilines is 1. The highest BCUT2D eigenvalue weighted by Crippen LogP contribution is 2.29. The highest BCUT2D eigenvalue weighted by molar-refractivity contribution is 5.51. The molecule has 0 bridgehead atoms. The van der Waals surface area contributed by atoms with E-state index in [-0.39, 0.29) is 0 Å². The number of aromatic nitrogens is 2. The van der Waals surface area contributed by atoms with E-state index in [1.807, 2.05) is 16.9 Å². The minimum atomic E-state index is 0.551. The summed E-state index contributed by atoms with van der Waals surface area (Å²) in [7, 11) is 0. The topological polar surface area (TPSA) is 29.9 Å². The summed E-state index contributed by atoms with van der Waals surface area (Å²) < 4.78 is 1.89. The number of benzene rings is 1. The molecule has 1 saturated carbocycles. The van der Waals surface area contributed by atoms with E-state index in [0.717, 1.165) is 11.6 Å². The first-order valence-electron chi connectivity index (χ1n) is 7.19. The zero-order valence-electron chi connectivity index (χ0n) is 11.4. The van der Waals surface area contributed by atoms with Crippen molar-refractivity contribution in [1.82, 2.24) is 9.78 Å². The van der Waals surface area contributed by atoms with Crippen molar-refractivity contribution in [2.75, 3.05) is 5.32 Å². The van der Waals surface area contributed by atoms with Gasteiger partial charge in [-0.25, -0.2) is 4.68 Å². The zero-order chi connectivity index (χ0) is 13.1. The lowest BCUT2D eigenvalue weighted by Gasteiger charge is -2.21. The molecule has 3 nitrogen and oxygen atoms in total. The number of hydrogen-bond donors (Lipinski definition) is 1. The Labute approximate surface area is 114 Å². The van der Waals surface area contributed by atoms with Crippen LogP contribution in [0.15, 0.2) is 42.7 Å². The van der Waals surface area contributed by atoms with E-state index < -0.39 is 0 Å². The van der Waals surface area contributed by atoms with Gasteiger partial charge in [-0.15, -0.1) is 0 Å². The van der Waals surface area contributed by atoms with Gasteiger partial charge in [-0.2, -0.15) is 5.10 Å². The molecule has 1 aliphatic carbocycles. The minimum absolute atomic E-state index is 0.551. The fourth-order valence-corrected chi connectivity index (χ4v) is 3.00. The van der Waals surface area contributed by atoms with Crippen LogP contribution in [0.1, 0.15) is 32.6 Å². The van der Waals surface area contributed by atoms with Crippen LogP contribution in [0.25, 0.3) is 5.69 Å². The Hall–Kier alpha value is -1.77. The maximum Gasteiger partial charge on any atom is 0.0666 e. The van der Waals surface area contributed by atoms with Crippen molar-refractivity contribution in [3.8, 4) is 5.69 Å². The van der Waals surface area contributed by atoms with Gasteiger partial charge in [-0.1, -0.05) is 18.9 Å². The molecule has 1 N–H and O–H groups in total. The van der Waals surface area contributed by atoms with Crippen LogP contribution < -0.4 is 5.32 Å². The maximum absolute atomic E-state index is 4.27. The Morgan fingerprint density at radius 3 is 2.84 bits per heavy atom. The molecule has 100 valence electrons. The van der Waals surface area contributed by atoms with E-state index >= 15 is 0 Å². The summed E-state index contributed by atoms with van der Waals surface area (Å²) in [6.45, 7) is 2.30. The number of nitrogens with zero attached hydrogens (tertiary/aromatic N) is 2. The predicted molar refractivity (Wildman–Crippen MR) is 78.6 cm³/mol. The molecule has 19 heavy (non-hydrogen) atoms. The summed E-state index contributed by atoms with van der Waals surface area (Å²) in [6.07, 6.45) is 9.30. The molecule has 0 spiro atoms. The van der Waals surface area contributed by atoms with Gasteiger partial charge in [0.2, 0.25) is 0 Å². The Kier molecular flexibility index (Phi) is 3.53. The second kappa shape index (κ2) is 5.47. The maximum atomic E-state index is 4.27. The molecule has 0 aliphatic heterocycles. The van der Waals surface area contributed by atoms with Crippen LogP contribution in [-0.4, -0.2) is 15.8 Å². The van der Waals surface area contributed by atoms with Gasteiger partial charge in [0, 0.05) is 24.1 Å². The van der Waals surface area contributed by atoms with E-state index in [4.69, 9.17) is 0 Å². The molecule has 1 unspecified atom stereocenters. The molecule has 3 rings (SSSR count). The predicted octanol–water partition coefficient (Wildman–Crippen LogP) is 3.86. The van der Waals surface area contributed by atoms with Gasteiger partial charge < -0.3 is 5.32 Å². The molecule has 1 aliphatic rings. The Morgan fingerprint density at radius 1 is 1.26 bits per heavy atom. The summed E-state index contributed by atoms with van der Waals surface area (Å²) >= 11 is 0. The van der Waals surface area contributed by atoms with Crippen molar-refractivity contribution in [2.45, 2.75) is 38.6 Å². The molecule has 1 atom stereocenters. The number of hydrogen-bond acceptors (Lipinski definition) is 2. The van der Waals surface area contributed by atoms with E-state index in [0.29, 0.717) is 6.04 Å². The third-order valence-electron chi connectivity index (χ3n) is 4.12. The van der Waals surface area contributed by atoms with Gasteiger partial charge in [-0.3, -0.25) is 0 Å². The van der Waals surface area contributed by atoms with E-state index in [9.17, 15) is 0 Å². The lowest BCUT2D eigenvalue weighted by atomic mass is 9.99. The molecule has 0 saturated heterocycles. The van der Waals surface area contributed by atoms with Crippen LogP contribution in [0.4, 0.5) is 5.69 Å². The van der Waals surface area contributed by atoms with Crippen LogP contribution in [0.2, 0.25) is 0 Å². The molecular weight excluding hydrogens is 234 g/mol. The lowest BCUT2D eigenvalue weighted by molar-refractivity contribution is 0.482. The van der Waals surface area contributed by atoms with Gasteiger partial charge in [0.15, 0.2) is 0 Å². The molecule has 1 fully saturated rings. The highest BCUT2D eigenvalue weighted by Gasteiger charge is 2.21. The van der Waals surface area contributed by atoms with Gasteiger partial charge in [0.25, 0.3) is 0 Å². The second-order valence-corrected chi connectivity index (χ2v) is 5.48. The number of nitrogens with one attached hydrogen (secondary N) is 1. The highest BCUT2D eigenvalue weighted by atomic mass is 15.3. The minimum Gasteiger partial charge on any atom is -0.382 e. The smallest absolute Gasteiger partial charge is 0.0666 e. The third kappa shape index (κ3) is 2.80. The summed E-state index contributed by atoms with van der Waals surface area (Å²) in [4.78, 5) is 0. The first kappa shape index (κ1) is 12.3. The van der Waals surface area contributed by atoms with Crippen molar-refractivity contribution in [1.29, 1.82) is 0 Å². The van der Waals surface area contributed by atoms with Crippen LogP contribution in [0.3, 0.4) is 0 Å². The summed E-state index contributed by atoms with van der Waals surface area (Å²) in [5, 5.41) is 7.92. The van der Waals surface area contributed by atoms with Crippen molar-refractivity contribution < 1.29 is 0 Å². The molecule has 1 aromatic carbocycles.